The number of aliphatic hydroxyl groups is 2. The van der Waals surface area contributed by atoms with Crippen molar-refractivity contribution in [2.24, 2.45) is 5.92 Å². The van der Waals surface area contributed by atoms with E-state index < -0.39 is 54.7 Å². The van der Waals surface area contributed by atoms with Crippen molar-refractivity contribution in [2.75, 3.05) is 39.3 Å². The molecule has 2 aromatic carbocycles. The van der Waals surface area contributed by atoms with E-state index in [0.29, 0.717) is 45.7 Å². The van der Waals surface area contributed by atoms with Crippen molar-refractivity contribution in [3.05, 3.63) is 107 Å². The van der Waals surface area contributed by atoms with Crippen molar-refractivity contribution in [1.82, 2.24) is 25.4 Å². The molecule has 296 valence electrons. The molecule has 2 amide bonds. The molecule has 0 bridgehead atoms. The van der Waals surface area contributed by atoms with Crippen LogP contribution in [0.3, 0.4) is 0 Å². The molecule has 5 heterocycles. The highest BCUT2D eigenvalue weighted by Crippen LogP contribution is 2.33. The molecule has 0 saturated carbocycles. The van der Waals surface area contributed by atoms with Crippen LogP contribution in [-0.2, 0) is 22.6 Å². The third-order valence-electron chi connectivity index (χ3n) is 10.0. The van der Waals surface area contributed by atoms with Crippen LogP contribution >= 0.6 is 11.6 Å². The monoisotopic (exact) mass is 795 g/mol. The summed E-state index contributed by atoms with van der Waals surface area (Å²) in [4.78, 5) is 35.1. The van der Waals surface area contributed by atoms with Crippen molar-refractivity contribution < 1.29 is 46.5 Å². The highest BCUT2D eigenvalue weighted by molar-refractivity contribution is 6.30. The van der Waals surface area contributed by atoms with Gasteiger partial charge in [0.25, 0.3) is 0 Å². The first-order valence-electron chi connectivity index (χ1n) is 18.2. The van der Waals surface area contributed by atoms with Gasteiger partial charge in [-0.15, -0.1) is 0 Å². The van der Waals surface area contributed by atoms with Crippen molar-refractivity contribution in [1.29, 1.82) is 0 Å². The molecule has 5 aromatic rings. The number of furan rings is 2. The fourth-order valence-electron chi connectivity index (χ4n) is 7.31. The standard InChI is InChI=1S/C40H41ClF3N5O7/c41-27-5-3-4-24(14-27)34-9-8-29(55-34)20-48-12-13-49(32(21-48)39(53)46-23-40(42,43)44)19-28(50)15-25(16-30-17-26-18-45-11-10-35(26)56-30)38(52)47-37-31-6-1-2-7-36(31)54-22-33(37)51/h1-11,14,17-18,25,28,32-33,37,50-51H,12-13,15-16,19-23H2,(H,46,53)(H,47,52)/t25-,28-,32-,33+,37-/m0/s1. The SMILES string of the molecule is O=C(N[C@H]1c2ccccc2OC[C@H]1O)[C@H](Cc1cc2cnccc2o1)C[C@H](O)CN1CCN(Cc2ccc(-c3cccc(Cl)c3)o2)C[C@H]1C(=O)NCC(F)(F)F. The molecule has 7 rings (SSSR count). The first-order chi connectivity index (χ1) is 26.9. The van der Waals surface area contributed by atoms with Crippen LogP contribution in [0.5, 0.6) is 5.75 Å². The van der Waals surface area contributed by atoms with Crippen LogP contribution in [0.15, 0.2) is 94.0 Å². The Kier molecular flexibility index (Phi) is 12.0. The maximum Gasteiger partial charge on any atom is 0.405 e. The molecule has 16 heteroatoms. The number of carbonyl (C=O) groups is 2. The molecule has 0 unspecified atom stereocenters. The number of para-hydroxylation sites is 1. The number of ether oxygens (including phenoxy) is 1. The number of nitrogens with zero attached hydrogens (tertiary/aromatic N) is 3. The summed E-state index contributed by atoms with van der Waals surface area (Å²) in [6, 6.07) is 19.5. The van der Waals surface area contributed by atoms with E-state index in [1.807, 2.05) is 16.3 Å². The Morgan fingerprint density at radius 3 is 2.66 bits per heavy atom. The Morgan fingerprint density at radius 2 is 1.86 bits per heavy atom. The lowest BCUT2D eigenvalue weighted by Gasteiger charge is -2.41. The summed E-state index contributed by atoms with van der Waals surface area (Å²) in [5, 5.41) is 28.6. The maximum absolute atomic E-state index is 14.1. The number of nitrogens with one attached hydrogen (secondary N) is 2. The number of pyridine rings is 1. The summed E-state index contributed by atoms with van der Waals surface area (Å²) in [6.07, 6.45) is -3.62. The number of aliphatic hydroxyl groups excluding tert-OH is 2. The largest absolute Gasteiger partial charge is 0.490 e. The Hall–Kier alpha value is -4.93. The van der Waals surface area contributed by atoms with Crippen LogP contribution in [0.4, 0.5) is 13.2 Å². The third kappa shape index (κ3) is 9.71. The van der Waals surface area contributed by atoms with Crippen molar-refractivity contribution in [2.45, 2.75) is 49.9 Å². The van der Waals surface area contributed by atoms with Gasteiger partial charge in [0, 0.05) is 72.4 Å². The molecule has 1 fully saturated rings. The van der Waals surface area contributed by atoms with Gasteiger partial charge in [-0.2, -0.15) is 13.2 Å². The average molecular weight is 796 g/mol. The summed E-state index contributed by atoms with van der Waals surface area (Å²) >= 11 is 6.14. The molecular weight excluding hydrogens is 755 g/mol. The van der Waals surface area contributed by atoms with Crippen molar-refractivity contribution >= 4 is 34.4 Å². The zero-order valence-corrected chi connectivity index (χ0v) is 30.9. The fraction of sp³-hybridized carbons (Fsp3) is 0.375. The van der Waals surface area contributed by atoms with E-state index in [4.69, 9.17) is 25.2 Å². The van der Waals surface area contributed by atoms with E-state index in [2.05, 4.69) is 10.3 Å². The van der Waals surface area contributed by atoms with E-state index in [9.17, 15) is 33.0 Å². The van der Waals surface area contributed by atoms with Crippen LogP contribution in [0, 0.1) is 5.92 Å². The van der Waals surface area contributed by atoms with Gasteiger partial charge in [0.1, 0.15) is 53.9 Å². The second kappa shape index (κ2) is 17.1. The zero-order valence-electron chi connectivity index (χ0n) is 30.1. The molecule has 12 nitrogen and oxygen atoms in total. The first kappa shape index (κ1) is 39.3. The molecule has 2 aliphatic heterocycles. The minimum absolute atomic E-state index is 0.0292. The van der Waals surface area contributed by atoms with Gasteiger partial charge >= 0.3 is 6.18 Å². The van der Waals surface area contributed by atoms with E-state index in [0.717, 1.165) is 10.9 Å². The Balaban J connectivity index is 1.07. The number of rotatable bonds is 13. The number of carbonyl (C=O) groups excluding carboxylic acids is 2. The zero-order chi connectivity index (χ0) is 39.4. The number of hydrogen-bond donors (Lipinski definition) is 4. The van der Waals surface area contributed by atoms with Gasteiger partial charge < -0.3 is 34.4 Å². The third-order valence-corrected chi connectivity index (χ3v) is 10.3. The Labute approximate surface area is 325 Å². The maximum atomic E-state index is 14.1. The molecule has 2 aliphatic rings. The van der Waals surface area contributed by atoms with Gasteiger partial charge in [-0.3, -0.25) is 24.4 Å². The molecule has 5 atom stereocenters. The lowest BCUT2D eigenvalue weighted by Crippen LogP contribution is -2.60. The molecular formula is C40H41ClF3N5O7. The number of halogens is 4. The number of piperazine rings is 1. The highest BCUT2D eigenvalue weighted by atomic mass is 35.5. The smallest absolute Gasteiger partial charge is 0.405 e. The van der Waals surface area contributed by atoms with Crippen molar-refractivity contribution in [3.8, 4) is 17.1 Å². The Morgan fingerprint density at radius 1 is 1.02 bits per heavy atom. The summed E-state index contributed by atoms with van der Waals surface area (Å²) in [5.74, 6) is 0.0356. The second-order valence-electron chi connectivity index (χ2n) is 14.2. The molecule has 0 aliphatic carbocycles. The molecule has 56 heavy (non-hydrogen) atoms. The van der Waals surface area contributed by atoms with Crippen LogP contribution in [0.2, 0.25) is 5.02 Å². The predicted octanol–water partition coefficient (Wildman–Crippen LogP) is 5.13. The Bertz CT molecular complexity index is 2110. The van der Waals surface area contributed by atoms with E-state index >= 15 is 0 Å². The number of benzene rings is 2. The number of fused-ring (bicyclic) bond motifs is 2. The highest BCUT2D eigenvalue weighted by Gasteiger charge is 2.38. The molecule has 0 spiro atoms. The topological polar surface area (TPSA) is 154 Å². The van der Waals surface area contributed by atoms with E-state index in [1.54, 1.807) is 84.0 Å². The summed E-state index contributed by atoms with van der Waals surface area (Å²) in [7, 11) is 0. The molecule has 0 radical (unpaired) electrons. The van der Waals surface area contributed by atoms with Gasteiger partial charge in [-0.25, -0.2) is 0 Å². The predicted molar refractivity (Wildman–Crippen MR) is 200 cm³/mol. The number of hydrogen-bond acceptors (Lipinski definition) is 10. The van der Waals surface area contributed by atoms with Gasteiger partial charge in [-0.1, -0.05) is 41.9 Å². The van der Waals surface area contributed by atoms with E-state index in [1.165, 1.54) is 0 Å². The van der Waals surface area contributed by atoms with Gasteiger partial charge in [0.05, 0.1) is 18.7 Å². The van der Waals surface area contributed by atoms with Crippen LogP contribution in [0.25, 0.3) is 22.3 Å². The first-order valence-corrected chi connectivity index (χ1v) is 18.6. The lowest BCUT2D eigenvalue weighted by atomic mass is 9.92. The number of alkyl halides is 3. The van der Waals surface area contributed by atoms with Crippen molar-refractivity contribution in [3.63, 3.8) is 0 Å². The summed E-state index contributed by atoms with van der Waals surface area (Å²) < 4.78 is 57.3. The fourth-order valence-corrected chi connectivity index (χ4v) is 7.50. The second-order valence-corrected chi connectivity index (χ2v) is 14.6. The summed E-state index contributed by atoms with van der Waals surface area (Å²) in [5.41, 5.74) is 1.96. The van der Waals surface area contributed by atoms with E-state index in [-0.39, 0.29) is 45.6 Å². The van der Waals surface area contributed by atoms with Crippen LogP contribution in [0.1, 0.15) is 29.5 Å². The lowest BCUT2D eigenvalue weighted by molar-refractivity contribution is -0.143. The molecule has 4 N–H and O–H groups in total. The van der Waals surface area contributed by atoms with Crippen LogP contribution in [-0.4, -0.2) is 101 Å². The van der Waals surface area contributed by atoms with Crippen LogP contribution < -0.4 is 15.4 Å². The number of aromatic nitrogens is 1. The van der Waals surface area contributed by atoms with Gasteiger partial charge in [-0.05, 0) is 48.9 Å². The van der Waals surface area contributed by atoms with Gasteiger partial charge in [0.2, 0.25) is 11.8 Å². The molecule has 3 aromatic heterocycles. The number of amides is 2. The quantitative estimate of drug-likeness (QED) is 0.126. The minimum Gasteiger partial charge on any atom is -0.490 e. The number of β-amino-alcohol motifs (C(OH)–C–C–N with tert-alkyl or cyclic N) is 1. The minimum atomic E-state index is -4.62. The molecule has 1 saturated heterocycles. The average Bonchev–Trinajstić information content (AvgIpc) is 3.82. The normalized spacial score (nSPS) is 20.2. The summed E-state index contributed by atoms with van der Waals surface area (Å²) in [6.45, 7) is -0.635. The van der Waals surface area contributed by atoms with Gasteiger partial charge in [0.15, 0.2) is 0 Å².